The van der Waals surface area contributed by atoms with Crippen LogP contribution in [0.1, 0.15) is 37.3 Å². The van der Waals surface area contributed by atoms with Gasteiger partial charge in [-0.05, 0) is 32.2 Å². The van der Waals surface area contributed by atoms with Crippen molar-refractivity contribution >= 4 is 28.2 Å². The fourth-order valence-electron chi connectivity index (χ4n) is 3.26. The zero-order valence-electron chi connectivity index (χ0n) is 13.8. The highest BCUT2D eigenvalue weighted by Crippen LogP contribution is 2.29. The lowest BCUT2D eigenvalue weighted by atomic mass is 9.96. The highest BCUT2D eigenvalue weighted by atomic mass is 35.5. The number of halogens is 1. The van der Waals surface area contributed by atoms with Crippen molar-refractivity contribution in [3.8, 4) is 0 Å². The van der Waals surface area contributed by atoms with Crippen LogP contribution in [0, 0.1) is 0 Å². The minimum atomic E-state index is -3.35. The maximum Gasteiger partial charge on any atom is 0.225 e. The van der Waals surface area contributed by atoms with Gasteiger partial charge in [-0.15, -0.1) is 12.4 Å². The monoisotopic (exact) mass is 376 g/mol. The first kappa shape index (κ1) is 19.4. The quantitative estimate of drug-likeness (QED) is 0.802. The number of hydrogen-bond acceptors (Lipinski definition) is 7. The van der Waals surface area contributed by atoms with Gasteiger partial charge in [0, 0.05) is 31.8 Å². The standard InChI is InChI=1S/C15H24N4O3S.ClH/c1-23(21,22)13-10-17-15(19-7-4-12(20)5-8-19)18-14(13)11-3-2-6-16-9-11;/h10-12,16,20H,2-9H2,1H3;1H. The van der Waals surface area contributed by atoms with E-state index in [1.165, 1.54) is 12.5 Å². The number of piperidine rings is 2. The molecule has 7 nitrogen and oxygen atoms in total. The van der Waals surface area contributed by atoms with E-state index in [-0.39, 0.29) is 29.3 Å². The Balaban J connectivity index is 0.00000208. The fourth-order valence-corrected chi connectivity index (χ4v) is 4.09. The van der Waals surface area contributed by atoms with Gasteiger partial charge in [-0.2, -0.15) is 0 Å². The molecule has 1 unspecified atom stereocenters. The van der Waals surface area contributed by atoms with Crippen molar-refractivity contribution in [2.75, 3.05) is 37.3 Å². The van der Waals surface area contributed by atoms with Gasteiger partial charge < -0.3 is 15.3 Å². The second-order valence-corrected chi connectivity index (χ2v) is 8.44. The van der Waals surface area contributed by atoms with Crippen LogP contribution in [-0.4, -0.2) is 62.0 Å². The Bertz CT molecular complexity index is 657. The Morgan fingerprint density at radius 2 is 2.00 bits per heavy atom. The molecule has 2 fully saturated rings. The molecule has 0 aliphatic carbocycles. The van der Waals surface area contributed by atoms with Gasteiger partial charge in [0.05, 0.1) is 18.0 Å². The molecule has 0 amide bonds. The minimum absolute atomic E-state index is 0. The number of anilines is 1. The molecule has 2 N–H and O–H groups in total. The maximum absolute atomic E-state index is 12.1. The Kier molecular flexibility index (Phi) is 6.41. The zero-order valence-corrected chi connectivity index (χ0v) is 15.4. The van der Waals surface area contributed by atoms with E-state index in [4.69, 9.17) is 0 Å². The summed E-state index contributed by atoms with van der Waals surface area (Å²) in [6, 6.07) is 0. The summed E-state index contributed by atoms with van der Waals surface area (Å²) in [5, 5.41) is 12.9. The highest BCUT2D eigenvalue weighted by Gasteiger charge is 2.27. The zero-order chi connectivity index (χ0) is 16.4. The normalized spacial score (nSPS) is 22.9. The third-order valence-corrected chi connectivity index (χ3v) is 5.71. The second-order valence-electron chi connectivity index (χ2n) is 6.45. The summed E-state index contributed by atoms with van der Waals surface area (Å²) < 4.78 is 24.2. The predicted octanol–water partition coefficient (Wildman–Crippen LogP) is 0.730. The number of nitrogens with zero attached hydrogens (tertiary/aromatic N) is 3. The number of aliphatic hydroxyl groups excluding tert-OH is 1. The van der Waals surface area contributed by atoms with E-state index < -0.39 is 9.84 Å². The number of nitrogens with one attached hydrogen (secondary N) is 1. The number of sulfone groups is 1. The summed E-state index contributed by atoms with van der Waals surface area (Å²) in [7, 11) is -3.35. The van der Waals surface area contributed by atoms with Crippen molar-refractivity contribution in [1.82, 2.24) is 15.3 Å². The predicted molar refractivity (Wildman–Crippen MR) is 94.7 cm³/mol. The molecule has 1 atom stereocenters. The Hall–Kier alpha value is -0.960. The first-order valence-corrected chi connectivity index (χ1v) is 10.0. The molecule has 136 valence electrons. The molecule has 2 saturated heterocycles. The third-order valence-electron chi connectivity index (χ3n) is 4.60. The molecule has 0 bridgehead atoms. The van der Waals surface area contributed by atoms with Gasteiger partial charge in [0.2, 0.25) is 5.95 Å². The smallest absolute Gasteiger partial charge is 0.225 e. The average Bonchev–Trinajstić information content (AvgIpc) is 2.55. The minimum Gasteiger partial charge on any atom is -0.393 e. The van der Waals surface area contributed by atoms with E-state index in [1.807, 2.05) is 4.90 Å². The fraction of sp³-hybridized carbons (Fsp3) is 0.733. The number of aliphatic hydroxyl groups is 1. The van der Waals surface area contributed by atoms with E-state index in [9.17, 15) is 13.5 Å². The van der Waals surface area contributed by atoms with Crippen LogP contribution >= 0.6 is 12.4 Å². The molecule has 0 aromatic carbocycles. The second kappa shape index (κ2) is 7.95. The van der Waals surface area contributed by atoms with E-state index in [0.29, 0.717) is 37.6 Å². The van der Waals surface area contributed by atoms with E-state index in [0.717, 1.165) is 25.9 Å². The van der Waals surface area contributed by atoms with Crippen LogP contribution in [0.4, 0.5) is 5.95 Å². The van der Waals surface area contributed by atoms with Crippen LogP contribution < -0.4 is 10.2 Å². The van der Waals surface area contributed by atoms with Gasteiger partial charge in [0.25, 0.3) is 0 Å². The van der Waals surface area contributed by atoms with Crippen LogP contribution in [0.5, 0.6) is 0 Å². The molecule has 0 radical (unpaired) electrons. The molecule has 2 aliphatic heterocycles. The lowest BCUT2D eigenvalue weighted by Gasteiger charge is -2.31. The van der Waals surface area contributed by atoms with Crippen molar-refractivity contribution in [3.63, 3.8) is 0 Å². The van der Waals surface area contributed by atoms with Crippen molar-refractivity contribution in [3.05, 3.63) is 11.9 Å². The lowest BCUT2D eigenvalue weighted by Crippen LogP contribution is -2.37. The molecule has 2 aliphatic rings. The summed E-state index contributed by atoms with van der Waals surface area (Å²) in [6.45, 7) is 3.10. The molecular weight excluding hydrogens is 352 g/mol. The maximum atomic E-state index is 12.1. The summed E-state index contributed by atoms with van der Waals surface area (Å²) in [5.74, 6) is 0.676. The Morgan fingerprint density at radius 1 is 1.29 bits per heavy atom. The van der Waals surface area contributed by atoms with Gasteiger partial charge in [0.1, 0.15) is 4.90 Å². The van der Waals surface area contributed by atoms with E-state index in [1.54, 1.807) is 0 Å². The molecular formula is C15H25ClN4O3S. The van der Waals surface area contributed by atoms with Crippen molar-refractivity contribution < 1.29 is 13.5 Å². The van der Waals surface area contributed by atoms with Gasteiger partial charge >= 0.3 is 0 Å². The molecule has 0 saturated carbocycles. The average molecular weight is 377 g/mol. The number of rotatable bonds is 3. The summed E-state index contributed by atoms with van der Waals surface area (Å²) in [4.78, 5) is 11.2. The largest absolute Gasteiger partial charge is 0.393 e. The van der Waals surface area contributed by atoms with Gasteiger partial charge in [-0.1, -0.05) is 0 Å². The van der Waals surface area contributed by atoms with E-state index in [2.05, 4.69) is 15.3 Å². The molecule has 9 heteroatoms. The molecule has 3 heterocycles. The topological polar surface area (TPSA) is 95.4 Å². The summed E-state index contributed by atoms with van der Waals surface area (Å²) in [5.41, 5.74) is 0.635. The van der Waals surface area contributed by atoms with Crippen LogP contribution in [0.3, 0.4) is 0 Å². The van der Waals surface area contributed by atoms with Crippen LogP contribution in [0.15, 0.2) is 11.1 Å². The Morgan fingerprint density at radius 3 is 2.58 bits per heavy atom. The van der Waals surface area contributed by atoms with Crippen LogP contribution in [0.25, 0.3) is 0 Å². The first-order chi connectivity index (χ1) is 10.9. The van der Waals surface area contributed by atoms with Gasteiger partial charge in [-0.3, -0.25) is 0 Å². The van der Waals surface area contributed by atoms with Crippen LogP contribution in [0.2, 0.25) is 0 Å². The lowest BCUT2D eigenvalue weighted by molar-refractivity contribution is 0.145. The molecule has 1 aromatic heterocycles. The van der Waals surface area contributed by atoms with Crippen molar-refractivity contribution in [2.24, 2.45) is 0 Å². The molecule has 0 spiro atoms. The van der Waals surface area contributed by atoms with Gasteiger partial charge in [-0.25, -0.2) is 18.4 Å². The van der Waals surface area contributed by atoms with Crippen molar-refractivity contribution in [2.45, 2.75) is 42.6 Å². The Labute approximate surface area is 149 Å². The summed E-state index contributed by atoms with van der Waals surface area (Å²) >= 11 is 0. The van der Waals surface area contributed by atoms with Crippen LogP contribution in [-0.2, 0) is 9.84 Å². The molecule has 3 rings (SSSR count). The SMILES string of the molecule is CS(=O)(=O)c1cnc(N2CCC(O)CC2)nc1C1CCCNC1.Cl. The number of aromatic nitrogens is 2. The molecule has 24 heavy (non-hydrogen) atoms. The first-order valence-electron chi connectivity index (χ1n) is 8.16. The van der Waals surface area contributed by atoms with E-state index >= 15 is 0 Å². The highest BCUT2D eigenvalue weighted by molar-refractivity contribution is 7.90. The third kappa shape index (κ3) is 4.36. The van der Waals surface area contributed by atoms with Crippen molar-refractivity contribution in [1.29, 1.82) is 0 Å². The molecule has 1 aromatic rings. The van der Waals surface area contributed by atoms with Gasteiger partial charge in [0.15, 0.2) is 9.84 Å². The number of hydrogen-bond donors (Lipinski definition) is 2. The summed E-state index contributed by atoms with van der Waals surface area (Å²) in [6.07, 6.45) is 5.74.